The number of nitrogens with one attached hydrogen (secondary N) is 1. The molecule has 3 N–H and O–H groups in total. The Balaban J connectivity index is 1.64. The van der Waals surface area contributed by atoms with E-state index in [4.69, 9.17) is 26.5 Å². The number of furan rings is 1. The van der Waals surface area contributed by atoms with Gasteiger partial charge in [-0.15, -0.1) is 0 Å². The number of hydrogen-bond acceptors (Lipinski definition) is 6. The second-order valence-electron chi connectivity index (χ2n) is 5.34. The Labute approximate surface area is 165 Å². The van der Waals surface area contributed by atoms with Crippen molar-refractivity contribution in [3.63, 3.8) is 0 Å². The first kappa shape index (κ1) is 18.7. The summed E-state index contributed by atoms with van der Waals surface area (Å²) < 4.78 is 11.2. The highest BCUT2D eigenvalue weighted by Gasteiger charge is 2.15. The van der Waals surface area contributed by atoms with E-state index in [0.717, 1.165) is 4.31 Å². The lowest BCUT2D eigenvalue weighted by Crippen LogP contribution is -2.26. The minimum Gasteiger partial charge on any atom is -0.457 e. The second kappa shape index (κ2) is 8.07. The van der Waals surface area contributed by atoms with Gasteiger partial charge in [-0.25, -0.2) is 13.9 Å². The van der Waals surface area contributed by atoms with E-state index in [1.807, 2.05) is 0 Å². The maximum Gasteiger partial charge on any atom is 0.379 e. The Hall–Kier alpha value is -3.10. The van der Waals surface area contributed by atoms with Crippen molar-refractivity contribution in [1.29, 1.82) is 0 Å². The number of carbonyl (C=O) groups excluding carboxylic acids is 2. The molecule has 0 unspecified atom stereocenters. The number of anilines is 3. The van der Waals surface area contributed by atoms with Crippen LogP contribution in [0.25, 0.3) is 0 Å². The Morgan fingerprint density at radius 1 is 1.15 bits per heavy atom. The van der Waals surface area contributed by atoms with Crippen LogP contribution in [0.15, 0.2) is 65.3 Å². The smallest absolute Gasteiger partial charge is 0.379 e. The number of carbonyl (C=O) groups is 2. The molecule has 0 aliphatic heterocycles. The van der Waals surface area contributed by atoms with Gasteiger partial charge in [-0.2, -0.15) is 0 Å². The van der Waals surface area contributed by atoms with Gasteiger partial charge in [-0.1, -0.05) is 24.4 Å². The fourth-order valence-corrected chi connectivity index (χ4v) is 2.47. The van der Waals surface area contributed by atoms with Gasteiger partial charge in [0.25, 0.3) is 0 Å². The molecule has 0 atom stereocenters. The zero-order valence-electron chi connectivity index (χ0n) is 13.8. The van der Waals surface area contributed by atoms with Crippen molar-refractivity contribution in [1.82, 2.24) is 0 Å². The van der Waals surface area contributed by atoms with Crippen LogP contribution in [0.2, 0.25) is 5.02 Å². The van der Waals surface area contributed by atoms with Crippen molar-refractivity contribution in [3.05, 3.63) is 71.6 Å². The predicted molar refractivity (Wildman–Crippen MR) is 106 cm³/mol. The Morgan fingerprint density at radius 2 is 1.89 bits per heavy atom. The highest BCUT2D eigenvalue weighted by molar-refractivity contribution is 7.82. The minimum absolute atomic E-state index is 0.0939. The number of esters is 1. The summed E-state index contributed by atoms with van der Waals surface area (Å²) >= 11 is 10.1. The molecule has 0 saturated carbocycles. The summed E-state index contributed by atoms with van der Waals surface area (Å²) in [7, 11) is 0. The molecule has 7 nitrogen and oxygen atoms in total. The zero-order chi connectivity index (χ0) is 19.4. The SMILES string of the molecule is Nc1ccc(NC(=O)N(S)c2ccc(OC(=O)c3ccco3)cc2)cc1Cl. The summed E-state index contributed by atoms with van der Waals surface area (Å²) in [5.41, 5.74) is 6.99. The van der Waals surface area contributed by atoms with Crippen molar-refractivity contribution in [2.24, 2.45) is 0 Å². The molecular formula is C18H14ClN3O4S. The molecule has 9 heteroatoms. The summed E-state index contributed by atoms with van der Waals surface area (Å²) in [6.45, 7) is 0. The summed E-state index contributed by atoms with van der Waals surface area (Å²) in [5, 5.41) is 2.98. The lowest BCUT2D eigenvalue weighted by Gasteiger charge is -2.17. The number of thiol groups is 1. The van der Waals surface area contributed by atoms with Gasteiger partial charge >= 0.3 is 12.0 Å². The van der Waals surface area contributed by atoms with Crippen LogP contribution >= 0.6 is 24.4 Å². The molecule has 27 heavy (non-hydrogen) atoms. The van der Waals surface area contributed by atoms with E-state index in [0.29, 0.717) is 27.8 Å². The highest BCUT2D eigenvalue weighted by Crippen LogP contribution is 2.25. The van der Waals surface area contributed by atoms with Crippen LogP contribution < -0.4 is 20.1 Å². The number of amides is 2. The van der Waals surface area contributed by atoms with Gasteiger partial charge in [0, 0.05) is 5.69 Å². The molecule has 138 valence electrons. The Bertz CT molecular complexity index is 961. The van der Waals surface area contributed by atoms with Crippen molar-refractivity contribution in [2.75, 3.05) is 15.4 Å². The number of nitrogens with zero attached hydrogens (tertiary/aromatic N) is 1. The first-order valence-corrected chi connectivity index (χ1v) is 8.42. The number of benzene rings is 2. The summed E-state index contributed by atoms with van der Waals surface area (Å²) in [4.78, 5) is 24.1. The average molecular weight is 404 g/mol. The van der Waals surface area contributed by atoms with Crippen molar-refractivity contribution in [3.8, 4) is 5.75 Å². The third-order valence-electron chi connectivity index (χ3n) is 3.46. The molecule has 0 saturated heterocycles. The summed E-state index contributed by atoms with van der Waals surface area (Å²) in [6.07, 6.45) is 1.38. The molecule has 2 aromatic carbocycles. The van der Waals surface area contributed by atoms with E-state index in [1.54, 1.807) is 30.3 Å². The molecular weight excluding hydrogens is 390 g/mol. The van der Waals surface area contributed by atoms with Gasteiger partial charge < -0.3 is 20.2 Å². The third-order valence-corrected chi connectivity index (χ3v) is 4.20. The fourth-order valence-electron chi connectivity index (χ4n) is 2.11. The highest BCUT2D eigenvalue weighted by atomic mass is 35.5. The minimum atomic E-state index is -0.617. The van der Waals surface area contributed by atoms with Crippen molar-refractivity contribution >= 4 is 53.5 Å². The maximum atomic E-state index is 12.3. The van der Waals surface area contributed by atoms with Crippen molar-refractivity contribution in [2.45, 2.75) is 0 Å². The van der Waals surface area contributed by atoms with Crippen LogP contribution in [0.1, 0.15) is 10.6 Å². The quantitative estimate of drug-likeness (QED) is 0.255. The van der Waals surface area contributed by atoms with Crippen LogP contribution in [0.3, 0.4) is 0 Å². The monoisotopic (exact) mass is 403 g/mol. The normalized spacial score (nSPS) is 10.3. The van der Waals surface area contributed by atoms with Gasteiger partial charge in [-0.05, 0) is 54.6 Å². The van der Waals surface area contributed by atoms with Crippen LogP contribution in [0.5, 0.6) is 5.75 Å². The van der Waals surface area contributed by atoms with E-state index < -0.39 is 12.0 Å². The van der Waals surface area contributed by atoms with E-state index in [-0.39, 0.29) is 5.76 Å². The standard InChI is InChI=1S/C18H14ClN3O4S/c19-14-10-11(3-8-15(14)20)21-18(24)22(27)12-4-6-13(7-5-12)26-17(23)16-2-1-9-25-16/h1-10,27H,20H2,(H,21,24). The van der Waals surface area contributed by atoms with Gasteiger partial charge in [0.05, 0.1) is 22.7 Å². The number of nitrogen functional groups attached to an aromatic ring is 1. The molecule has 0 spiro atoms. The topological polar surface area (TPSA) is 97.8 Å². The van der Waals surface area contributed by atoms with E-state index in [9.17, 15) is 9.59 Å². The average Bonchev–Trinajstić information content (AvgIpc) is 3.20. The van der Waals surface area contributed by atoms with Crippen LogP contribution in [-0.4, -0.2) is 12.0 Å². The van der Waals surface area contributed by atoms with Crippen LogP contribution in [-0.2, 0) is 0 Å². The van der Waals surface area contributed by atoms with E-state index >= 15 is 0 Å². The predicted octanol–water partition coefficient (Wildman–Crippen LogP) is 4.62. The fraction of sp³-hybridized carbons (Fsp3) is 0. The molecule has 0 radical (unpaired) electrons. The van der Waals surface area contributed by atoms with Gasteiger partial charge in [0.1, 0.15) is 5.75 Å². The molecule has 0 bridgehead atoms. The third kappa shape index (κ3) is 4.55. The second-order valence-corrected chi connectivity index (χ2v) is 6.15. The Kier molecular flexibility index (Phi) is 5.58. The van der Waals surface area contributed by atoms with Gasteiger partial charge in [0.2, 0.25) is 5.76 Å². The van der Waals surface area contributed by atoms with Gasteiger partial charge in [-0.3, -0.25) is 0 Å². The lowest BCUT2D eigenvalue weighted by atomic mass is 10.3. The number of rotatable bonds is 4. The van der Waals surface area contributed by atoms with Gasteiger partial charge in [0.15, 0.2) is 0 Å². The molecule has 1 heterocycles. The molecule has 0 aliphatic rings. The summed E-state index contributed by atoms with van der Waals surface area (Å²) in [5.74, 6) is -0.225. The number of hydrogen-bond donors (Lipinski definition) is 3. The first-order valence-electron chi connectivity index (χ1n) is 7.65. The molecule has 3 rings (SSSR count). The van der Waals surface area contributed by atoms with Crippen molar-refractivity contribution < 1.29 is 18.7 Å². The largest absolute Gasteiger partial charge is 0.457 e. The summed E-state index contributed by atoms with van der Waals surface area (Å²) in [6, 6.07) is 13.6. The molecule has 0 aliphatic carbocycles. The van der Waals surface area contributed by atoms with Crippen LogP contribution in [0.4, 0.5) is 21.9 Å². The molecule has 3 aromatic rings. The molecule has 1 aromatic heterocycles. The van der Waals surface area contributed by atoms with Crippen LogP contribution in [0, 0.1) is 0 Å². The lowest BCUT2D eigenvalue weighted by molar-refractivity contribution is 0.0701. The number of nitrogens with two attached hydrogens (primary N) is 1. The number of ether oxygens (including phenoxy) is 1. The first-order chi connectivity index (χ1) is 12.9. The Morgan fingerprint density at radius 3 is 2.52 bits per heavy atom. The van der Waals surface area contributed by atoms with E-state index in [1.165, 1.54) is 30.5 Å². The number of halogens is 1. The number of urea groups is 1. The zero-order valence-corrected chi connectivity index (χ0v) is 15.4. The van der Waals surface area contributed by atoms with E-state index in [2.05, 4.69) is 18.1 Å². The molecule has 2 amide bonds. The maximum absolute atomic E-state index is 12.3. The molecule has 0 fully saturated rings.